The number of nitrogen functional groups attached to an aromatic ring is 1. The van der Waals surface area contributed by atoms with Crippen LogP contribution in [-0.4, -0.2) is 16.7 Å². The first-order valence-electron chi connectivity index (χ1n) is 3.21. The lowest BCUT2D eigenvalue weighted by molar-refractivity contribution is 0.0995. The van der Waals surface area contributed by atoms with Crippen LogP contribution in [-0.2, 0) is 0 Å². The molecule has 1 amide bonds. The normalized spacial score (nSPS) is 9.33. The lowest BCUT2D eigenvalue weighted by Gasteiger charge is -1.97. The first-order valence-corrected chi connectivity index (χ1v) is 3.21. The summed E-state index contributed by atoms with van der Waals surface area (Å²) in [4.78, 5) is 14.3. The molecule has 0 saturated carbocycles. The van der Waals surface area contributed by atoms with Gasteiger partial charge in [-0.25, -0.2) is 0 Å². The van der Waals surface area contributed by atoms with Crippen LogP contribution in [0.4, 0.5) is 0 Å². The van der Waals surface area contributed by atoms with E-state index in [1.54, 1.807) is 0 Å². The summed E-state index contributed by atoms with van der Waals surface area (Å²) in [5.41, 5.74) is 10.8. The molecule has 0 aromatic carbocycles. The highest BCUT2D eigenvalue weighted by Gasteiger charge is 2.01. The molecule has 5 N–H and O–H groups in total. The molecule has 0 radical (unpaired) electrons. The van der Waals surface area contributed by atoms with E-state index in [0.29, 0.717) is 5.56 Å². The Morgan fingerprint density at radius 3 is 2.42 bits per heavy atom. The summed E-state index contributed by atoms with van der Waals surface area (Å²) in [6, 6.07) is 2.95. The number of pyridine rings is 1. The van der Waals surface area contributed by atoms with Gasteiger partial charge in [-0.3, -0.25) is 15.2 Å². The number of amidine groups is 1. The average molecular weight is 164 g/mol. The SMILES string of the molecule is N=C(N)c1ccc(C(N)=O)nc1. The number of nitrogens with zero attached hydrogens (tertiary/aromatic N) is 1. The van der Waals surface area contributed by atoms with Crippen LogP contribution in [0.15, 0.2) is 18.3 Å². The van der Waals surface area contributed by atoms with Gasteiger partial charge in [0.05, 0.1) is 0 Å². The third-order valence-electron chi connectivity index (χ3n) is 1.33. The Balaban J connectivity index is 3.01. The minimum atomic E-state index is -0.592. The lowest BCUT2D eigenvalue weighted by Crippen LogP contribution is -2.15. The molecule has 0 aliphatic heterocycles. The number of nitrogens with one attached hydrogen (secondary N) is 1. The highest BCUT2D eigenvalue weighted by Crippen LogP contribution is 1.97. The zero-order chi connectivity index (χ0) is 9.14. The Labute approximate surface area is 68.9 Å². The second kappa shape index (κ2) is 3.00. The van der Waals surface area contributed by atoms with Crippen LogP contribution in [0, 0.1) is 5.41 Å². The van der Waals surface area contributed by atoms with Gasteiger partial charge >= 0.3 is 0 Å². The van der Waals surface area contributed by atoms with Crippen molar-refractivity contribution in [3.8, 4) is 0 Å². The fourth-order valence-electron chi connectivity index (χ4n) is 0.699. The van der Waals surface area contributed by atoms with Crippen molar-refractivity contribution in [3.05, 3.63) is 29.6 Å². The summed E-state index contributed by atoms with van der Waals surface area (Å²) in [7, 11) is 0. The van der Waals surface area contributed by atoms with Crippen LogP contribution in [0.2, 0.25) is 0 Å². The van der Waals surface area contributed by atoms with Crippen molar-refractivity contribution in [2.75, 3.05) is 0 Å². The van der Waals surface area contributed by atoms with Gasteiger partial charge in [-0.1, -0.05) is 0 Å². The van der Waals surface area contributed by atoms with Crippen LogP contribution in [0.25, 0.3) is 0 Å². The Morgan fingerprint density at radius 1 is 1.42 bits per heavy atom. The van der Waals surface area contributed by atoms with Crippen molar-refractivity contribution in [3.63, 3.8) is 0 Å². The van der Waals surface area contributed by atoms with Gasteiger partial charge < -0.3 is 11.5 Å². The minimum absolute atomic E-state index is 0.0847. The van der Waals surface area contributed by atoms with Gasteiger partial charge in [0.25, 0.3) is 5.91 Å². The van der Waals surface area contributed by atoms with E-state index in [0.717, 1.165) is 0 Å². The molecule has 5 heteroatoms. The van der Waals surface area contributed by atoms with Crippen LogP contribution in [0.5, 0.6) is 0 Å². The molecular formula is C7H8N4O. The maximum atomic E-state index is 10.6. The van der Waals surface area contributed by atoms with Crippen molar-refractivity contribution in [1.29, 1.82) is 5.41 Å². The maximum Gasteiger partial charge on any atom is 0.267 e. The molecule has 0 bridgehead atoms. The number of amides is 1. The predicted octanol–water partition coefficient (Wildman–Crippen LogP) is -0.535. The Hall–Kier alpha value is -1.91. The fourth-order valence-corrected chi connectivity index (χ4v) is 0.699. The minimum Gasteiger partial charge on any atom is -0.384 e. The molecule has 0 fully saturated rings. The van der Waals surface area contributed by atoms with Crippen LogP contribution in [0.3, 0.4) is 0 Å². The van der Waals surface area contributed by atoms with Gasteiger partial charge in [-0.15, -0.1) is 0 Å². The quantitative estimate of drug-likeness (QED) is 0.404. The van der Waals surface area contributed by atoms with E-state index in [1.807, 2.05) is 0 Å². The molecule has 0 aliphatic rings. The van der Waals surface area contributed by atoms with Gasteiger partial charge in [0, 0.05) is 11.8 Å². The number of carbonyl (C=O) groups is 1. The summed E-state index contributed by atoms with van der Waals surface area (Å²) in [6.45, 7) is 0. The number of aromatic nitrogens is 1. The third-order valence-corrected chi connectivity index (χ3v) is 1.33. The molecule has 0 aliphatic carbocycles. The van der Waals surface area contributed by atoms with Crippen LogP contribution >= 0.6 is 0 Å². The Morgan fingerprint density at radius 2 is 2.08 bits per heavy atom. The monoisotopic (exact) mass is 164 g/mol. The molecule has 0 spiro atoms. The highest BCUT2D eigenvalue weighted by molar-refractivity contribution is 5.96. The standard InChI is InChI=1S/C7H8N4O/c8-6(9)4-1-2-5(7(10)12)11-3-4/h1-3H,(H3,8,9)(H2,10,12). The number of carbonyl (C=O) groups excluding carboxylic acids is 1. The van der Waals surface area contributed by atoms with E-state index in [1.165, 1.54) is 18.3 Å². The number of hydrogen-bond donors (Lipinski definition) is 3. The smallest absolute Gasteiger partial charge is 0.267 e. The largest absolute Gasteiger partial charge is 0.384 e. The third kappa shape index (κ3) is 1.57. The number of hydrogen-bond acceptors (Lipinski definition) is 3. The van der Waals surface area contributed by atoms with Crippen molar-refractivity contribution in [1.82, 2.24) is 4.98 Å². The first kappa shape index (κ1) is 8.19. The summed E-state index contributed by atoms with van der Waals surface area (Å²) in [5.74, 6) is -0.677. The van der Waals surface area contributed by atoms with E-state index in [9.17, 15) is 4.79 Å². The van der Waals surface area contributed by atoms with Crippen LogP contribution < -0.4 is 11.5 Å². The van der Waals surface area contributed by atoms with Crippen LogP contribution in [0.1, 0.15) is 16.1 Å². The van der Waals surface area contributed by atoms with E-state index in [2.05, 4.69) is 4.98 Å². The molecule has 62 valence electrons. The van der Waals surface area contributed by atoms with Crippen molar-refractivity contribution >= 4 is 11.7 Å². The zero-order valence-corrected chi connectivity index (χ0v) is 6.24. The molecule has 0 unspecified atom stereocenters. The molecule has 1 rings (SSSR count). The van der Waals surface area contributed by atoms with Crippen molar-refractivity contribution in [2.45, 2.75) is 0 Å². The molecule has 1 aromatic heterocycles. The number of primary amides is 1. The van der Waals surface area contributed by atoms with Crippen molar-refractivity contribution < 1.29 is 4.79 Å². The fraction of sp³-hybridized carbons (Fsp3) is 0. The lowest BCUT2D eigenvalue weighted by atomic mass is 10.2. The topological polar surface area (TPSA) is 106 Å². The van der Waals surface area contributed by atoms with E-state index < -0.39 is 5.91 Å². The average Bonchev–Trinajstić information content (AvgIpc) is 2.04. The molecule has 0 saturated heterocycles. The second-order valence-corrected chi connectivity index (χ2v) is 2.21. The molecular weight excluding hydrogens is 156 g/mol. The van der Waals surface area contributed by atoms with Gasteiger partial charge in [0.1, 0.15) is 11.5 Å². The van der Waals surface area contributed by atoms with E-state index >= 15 is 0 Å². The molecule has 0 atom stereocenters. The van der Waals surface area contributed by atoms with E-state index in [-0.39, 0.29) is 11.5 Å². The number of nitrogens with two attached hydrogens (primary N) is 2. The summed E-state index contributed by atoms with van der Waals surface area (Å²) in [5, 5.41) is 7.03. The molecule has 1 heterocycles. The Kier molecular flexibility index (Phi) is 2.05. The maximum absolute atomic E-state index is 10.6. The van der Waals surface area contributed by atoms with Gasteiger partial charge in [0.2, 0.25) is 0 Å². The van der Waals surface area contributed by atoms with Crippen molar-refractivity contribution in [2.24, 2.45) is 11.5 Å². The first-order chi connectivity index (χ1) is 5.61. The summed E-state index contributed by atoms with van der Waals surface area (Å²) < 4.78 is 0. The number of rotatable bonds is 2. The second-order valence-electron chi connectivity index (χ2n) is 2.21. The summed E-state index contributed by atoms with van der Waals surface area (Å²) in [6.07, 6.45) is 1.34. The Bertz CT molecular complexity index is 284. The summed E-state index contributed by atoms with van der Waals surface area (Å²) >= 11 is 0. The van der Waals surface area contributed by atoms with Gasteiger partial charge in [0.15, 0.2) is 0 Å². The van der Waals surface area contributed by atoms with Gasteiger partial charge in [-0.2, -0.15) is 0 Å². The van der Waals surface area contributed by atoms with E-state index in [4.69, 9.17) is 16.9 Å². The predicted molar refractivity (Wildman–Crippen MR) is 43.8 cm³/mol. The highest BCUT2D eigenvalue weighted by atomic mass is 16.1. The molecule has 12 heavy (non-hydrogen) atoms. The van der Waals surface area contributed by atoms with Gasteiger partial charge in [-0.05, 0) is 12.1 Å². The molecule has 1 aromatic rings. The zero-order valence-electron chi connectivity index (χ0n) is 6.24. The molecule has 5 nitrogen and oxygen atoms in total.